The summed E-state index contributed by atoms with van der Waals surface area (Å²) in [5.74, 6) is -1.47. The number of aliphatic hydroxyl groups excluding tert-OH is 1. The van der Waals surface area contributed by atoms with E-state index in [4.69, 9.17) is 28.3 Å². The molecule has 9 heteroatoms. The number of rotatable bonds is 10. The van der Waals surface area contributed by atoms with Crippen LogP contribution in [0.5, 0.6) is 0 Å². The summed E-state index contributed by atoms with van der Waals surface area (Å²) >= 11 is 12.2. The largest absolute Gasteiger partial charge is 0.479 e. The Hall–Kier alpha value is -3.39. The molecule has 2 amide bonds. The molecule has 0 aliphatic heterocycles. The van der Waals surface area contributed by atoms with Crippen LogP contribution in [0.3, 0.4) is 0 Å². The summed E-state index contributed by atoms with van der Waals surface area (Å²) in [7, 11) is 0. The zero-order valence-electron chi connectivity index (χ0n) is 22.0. The van der Waals surface area contributed by atoms with Crippen LogP contribution >= 0.6 is 23.2 Å². The van der Waals surface area contributed by atoms with Crippen molar-refractivity contribution in [2.45, 2.75) is 57.1 Å². The minimum absolute atomic E-state index is 0.117. The van der Waals surface area contributed by atoms with E-state index in [1.54, 1.807) is 47.4 Å². The molecule has 1 atom stereocenters. The van der Waals surface area contributed by atoms with Gasteiger partial charge in [0.15, 0.2) is 6.10 Å². The molecule has 210 valence electrons. The molecule has 0 heterocycles. The van der Waals surface area contributed by atoms with E-state index in [0.29, 0.717) is 21.5 Å². The Morgan fingerprint density at radius 2 is 1.52 bits per heavy atom. The third kappa shape index (κ3) is 7.84. The van der Waals surface area contributed by atoms with Crippen LogP contribution in [0.1, 0.15) is 65.1 Å². The molecule has 1 aliphatic rings. The first kappa shape index (κ1) is 29.6. The van der Waals surface area contributed by atoms with Crippen LogP contribution in [0, 0.1) is 0 Å². The van der Waals surface area contributed by atoms with Gasteiger partial charge in [0.1, 0.15) is 0 Å². The maximum absolute atomic E-state index is 13.6. The molecule has 0 aromatic heterocycles. The van der Waals surface area contributed by atoms with Gasteiger partial charge in [-0.1, -0.05) is 72.8 Å². The fourth-order valence-corrected chi connectivity index (χ4v) is 5.25. The molecule has 7 nitrogen and oxygen atoms in total. The standard InChI is InChI=1S/C31H32Cl2N2O5/c32-26-15-8-21(16-27(26)33)17-29(37)35(25-13-11-23(12-14-25)22-4-2-1-3-5-22)19-20-6-9-24(10-7-20)30(38)34-18-28(36)31(39)40/h6-16,22,28,36H,1-5,17-19H2,(H,34,38)(H,39,40). The van der Waals surface area contributed by atoms with Gasteiger partial charge < -0.3 is 20.4 Å². The minimum atomic E-state index is -1.68. The number of halogens is 2. The van der Waals surface area contributed by atoms with Crippen molar-refractivity contribution in [1.29, 1.82) is 0 Å². The van der Waals surface area contributed by atoms with Gasteiger partial charge >= 0.3 is 5.97 Å². The van der Waals surface area contributed by atoms with E-state index in [9.17, 15) is 19.5 Å². The maximum atomic E-state index is 13.6. The van der Waals surface area contributed by atoms with Crippen LogP contribution in [-0.4, -0.2) is 40.6 Å². The van der Waals surface area contributed by atoms with Crippen molar-refractivity contribution in [3.8, 4) is 0 Å². The van der Waals surface area contributed by atoms with Crippen molar-refractivity contribution in [2.24, 2.45) is 0 Å². The lowest BCUT2D eigenvalue weighted by Gasteiger charge is -2.26. The molecule has 0 saturated heterocycles. The van der Waals surface area contributed by atoms with Gasteiger partial charge in [-0.2, -0.15) is 0 Å². The predicted octanol–water partition coefficient (Wildman–Crippen LogP) is 5.99. The van der Waals surface area contributed by atoms with Crippen LogP contribution in [-0.2, 0) is 22.6 Å². The van der Waals surface area contributed by atoms with E-state index >= 15 is 0 Å². The molecule has 1 aliphatic carbocycles. The topological polar surface area (TPSA) is 107 Å². The highest BCUT2D eigenvalue weighted by Crippen LogP contribution is 2.34. The van der Waals surface area contributed by atoms with E-state index in [1.807, 2.05) is 12.1 Å². The van der Waals surface area contributed by atoms with Crippen LogP contribution in [0.4, 0.5) is 5.69 Å². The molecular formula is C31H32Cl2N2O5. The summed E-state index contributed by atoms with van der Waals surface area (Å²) in [5, 5.41) is 21.4. The third-order valence-electron chi connectivity index (χ3n) is 7.22. The lowest BCUT2D eigenvalue weighted by molar-refractivity contribution is -0.146. The molecule has 3 aromatic carbocycles. The molecule has 0 bridgehead atoms. The number of nitrogens with zero attached hydrogens (tertiary/aromatic N) is 1. The monoisotopic (exact) mass is 582 g/mol. The number of carboxylic acid groups (broad SMARTS) is 1. The van der Waals surface area contributed by atoms with E-state index in [1.165, 1.54) is 37.7 Å². The summed E-state index contributed by atoms with van der Waals surface area (Å²) in [6.07, 6.45) is 4.61. The van der Waals surface area contributed by atoms with Gasteiger partial charge in [0, 0.05) is 11.3 Å². The Morgan fingerprint density at radius 3 is 2.15 bits per heavy atom. The van der Waals surface area contributed by atoms with Crippen molar-refractivity contribution in [3.05, 3.63) is 99.0 Å². The summed E-state index contributed by atoms with van der Waals surface area (Å²) in [4.78, 5) is 38.4. The van der Waals surface area contributed by atoms with Crippen LogP contribution in [0.25, 0.3) is 0 Å². The van der Waals surface area contributed by atoms with Gasteiger partial charge in [-0.05, 0) is 71.8 Å². The Bertz CT molecular complexity index is 1340. The molecule has 3 N–H and O–H groups in total. The minimum Gasteiger partial charge on any atom is -0.479 e. The number of carbonyl (C=O) groups is 3. The van der Waals surface area contributed by atoms with Gasteiger partial charge in [-0.15, -0.1) is 0 Å². The number of amides is 2. The van der Waals surface area contributed by atoms with Crippen molar-refractivity contribution in [2.75, 3.05) is 11.4 Å². The van der Waals surface area contributed by atoms with Gasteiger partial charge in [0.2, 0.25) is 5.91 Å². The number of aliphatic carboxylic acids is 1. The number of hydrogen-bond acceptors (Lipinski definition) is 4. The van der Waals surface area contributed by atoms with Crippen molar-refractivity contribution in [3.63, 3.8) is 0 Å². The van der Waals surface area contributed by atoms with Crippen molar-refractivity contribution in [1.82, 2.24) is 5.32 Å². The van der Waals surface area contributed by atoms with Crippen LogP contribution < -0.4 is 10.2 Å². The maximum Gasteiger partial charge on any atom is 0.334 e. The van der Waals surface area contributed by atoms with E-state index in [2.05, 4.69) is 17.4 Å². The molecular weight excluding hydrogens is 551 g/mol. The number of carboxylic acids is 1. The highest BCUT2D eigenvalue weighted by atomic mass is 35.5. The van der Waals surface area contributed by atoms with Gasteiger partial charge in [0.25, 0.3) is 5.91 Å². The molecule has 1 saturated carbocycles. The SMILES string of the molecule is O=C(NCC(O)C(=O)O)c1ccc(CN(C(=O)Cc2ccc(Cl)c(Cl)c2)c2ccc(C3CCCCC3)cc2)cc1. The van der Waals surface area contributed by atoms with Gasteiger partial charge in [-0.3, -0.25) is 9.59 Å². The van der Waals surface area contributed by atoms with E-state index < -0.39 is 24.5 Å². The highest BCUT2D eigenvalue weighted by molar-refractivity contribution is 6.42. The predicted molar refractivity (Wildman–Crippen MR) is 156 cm³/mol. The molecule has 40 heavy (non-hydrogen) atoms. The lowest BCUT2D eigenvalue weighted by Crippen LogP contribution is -2.36. The van der Waals surface area contributed by atoms with Gasteiger partial charge in [-0.25, -0.2) is 4.79 Å². The lowest BCUT2D eigenvalue weighted by atomic mass is 9.84. The first-order valence-corrected chi connectivity index (χ1v) is 14.1. The molecule has 3 aromatic rings. The zero-order valence-corrected chi connectivity index (χ0v) is 23.5. The number of nitrogens with one attached hydrogen (secondary N) is 1. The number of carbonyl (C=O) groups excluding carboxylic acids is 2. The average Bonchev–Trinajstić information content (AvgIpc) is 2.97. The van der Waals surface area contributed by atoms with Gasteiger partial charge in [0.05, 0.1) is 29.6 Å². The quantitative estimate of drug-likeness (QED) is 0.272. The molecule has 4 rings (SSSR count). The third-order valence-corrected chi connectivity index (χ3v) is 7.96. The second-order valence-electron chi connectivity index (χ2n) is 10.1. The number of aliphatic hydroxyl groups is 1. The summed E-state index contributed by atoms with van der Waals surface area (Å²) in [5.41, 5.74) is 3.93. The van der Waals surface area contributed by atoms with Crippen molar-refractivity contribution < 1.29 is 24.6 Å². The van der Waals surface area contributed by atoms with Crippen LogP contribution in [0.2, 0.25) is 10.0 Å². The fraction of sp³-hybridized carbons (Fsp3) is 0.323. The molecule has 1 unspecified atom stereocenters. The van der Waals surface area contributed by atoms with E-state index in [0.717, 1.165) is 16.8 Å². The highest BCUT2D eigenvalue weighted by Gasteiger charge is 2.20. The Kier molecular flexibility index (Phi) is 10.2. The Balaban J connectivity index is 1.52. The summed E-state index contributed by atoms with van der Waals surface area (Å²) in [6, 6.07) is 20.1. The second kappa shape index (κ2) is 13.8. The normalized spacial score (nSPS) is 14.4. The van der Waals surface area contributed by atoms with Crippen LogP contribution in [0.15, 0.2) is 66.7 Å². The number of hydrogen-bond donors (Lipinski definition) is 3. The van der Waals surface area contributed by atoms with Crippen molar-refractivity contribution >= 4 is 46.7 Å². The molecule has 0 spiro atoms. The smallest absolute Gasteiger partial charge is 0.334 e. The first-order valence-electron chi connectivity index (χ1n) is 13.3. The molecule has 0 radical (unpaired) electrons. The number of benzene rings is 3. The fourth-order valence-electron chi connectivity index (χ4n) is 4.93. The Morgan fingerprint density at radius 1 is 0.875 bits per heavy atom. The molecule has 1 fully saturated rings. The second-order valence-corrected chi connectivity index (χ2v) is 10.9. The Labute approximate surface area is 243 Å². The zero-order chi connectivity index (χ0) is 28.6. The summed E-state index contributed by atoms with van der Waals surface area (Å²) in [6.45, 7) is -0.119. The average molecular weight is 584 g/mol. The number of anilines is 1. The summed E-state index contributed by atoms with van der Waals surface area (Å²) < 4.78 is 0. The van der Waals surface area contributed by atoms with E-state index in [-0.39, 0.29) is 18.9 Å². The first-order chi connectivity index (χ1) is 19.2.